The fraction of sp³-hybridized carbons (Fsp3) is 0.412. The minimum absolute atomic E-state index is 0.195. The molecule has 0 saturated heterocycles. The summed E-state index contributed by atoms with van der Waals surface area (Å²) in [5.74, 6) is 1.33. The smallest absolute Gasteiger partial charge is 0.315 e. The molecule has 0 radical (unpaired) electrons. The summed E-state index contributed by atoms with van der Waals surface area (Å²) in [6.07, 6.45) is 2.87. The summed E-state index contributed by atoms with van der Waals surface area (Å²) in [5.41, 5.74) is 0.965. The van der Waals surface area contributed by atoms with Crippen LogP contribution >= 0.6 is 0 Å². The van der Waals surface area contributed by atoms with Crippen LogP contribution in [0.25, 0.3) is 0 Å². The molecule has 24 heavy (non-hydrogen) atoms. The van der Waals surface area contributed by atoms with Crippen molar-refractivity contribution in [2.45, 2.75) is 32.0 Å². The minimum atomic E-state index is -0.738. The first kappa shape index (κ1) is 17.8. The number of pyridine rings is 1. The monoisotopic (exact) mass is 332 g/mol. The van der Waals surface area contributed by atoms with Gasteiger partial charge in [-0.25, -0.2) is 9.78 Å². The van der Waals surface area contributed by atoms with Gasteiger partial charge in [0.15, 0.2) is 0 Å². The number of hydrogen-bond donors (Lipinski definition) is 3. The van der Waals surface area contributed by atoms with Crippen molar-refractivity contribution in [1.82, 2.24) is 15.6 Å². The van der Waals surface area contributed by atoms with Gasteiger partial charge in [-0.15, -0.1) is 0 Å². The Labute approximate surface area is 141 Å². The van der Waals surface area contributed by atoms with Gasteiger partial charge in [0.25, 0.3) is 0 Å². The van der Waals surface area contributed by atoms with Crippen LogP contribution in [-0.2, 0) is 6.54 Å². The van der Waals surface area contributed by atoms with Gasteiger partial charge in [0.1, 0.15) is 17.7 Å². The summed E-state index contributed by atoms with van der Waals surface area (Å²) in [4.78, 5) is 18.1. The Hall–Kier alpha value is -2.54. The fourth-order valence-electron chi connectivity index (χ4n) is 2.26. The number of aromatic nitrogens is 1. The number of rotatable bonds is 7. The van der Waals surface area contributed by atoms with Gasteiger partial charge in [0.2, 0.25) is 0 Å². The standard InChI is InChI=1S/C17H24N4O3/c1-12(9-14(22)15-5-4-8-24-15)20-17(23)19-11-13-6-7-18-16(10-13)21(2)3/h4-8,10,12,14,22H,9,11H2,1-3H3,(H2,19,20,23). The summed E-state index contributed by atoms with van der Waals surface area (Å²) in [5, 5.41) is 15.6. The van der Waals surface area contributed by atoms with Gasteiger partial charge < -0.3 is 25.1 Å². The van der Waals surface area contributed by atoms with Crippen LogP contribution in [0.3, 0.4) is 0 Å². The van der Waals surface area contributed by atoms with Crippen LogP contribution < -0.4 is 15.5 Å². The van der Waals surface area contributed by atoms with E-state index in [0.717, 1.165) is 11.4 Å². The van der Waals surface area contributed by atoms with Crippen molar-refractivity contribution in [3.05, 3.63) is 48.0 Å². The Balaban J connectivity index is 1.77. The highest BCUT2D eigenvalue weighted by molar-refractivity contribution is 5.74. The normalized spacial score (nSPS) is 13.2. The van der Waals surface area contributed by atoms with Gasteiger partial charge >= 0.3 is 6.03 Å². The van der Waals surface area contributed by atoms with Gasteiger partial charge in [-0.2, -0.15) is 0 Å². The SMILES string of the molecule is CC(CC(O)c1ccco1)NC(=O)NCc1ccnc(N(C)C)c1. The van der Waals surface area contributed by atoms with Crippen molar-refractivity contribution in [2.75, 3.05) is 19.0 Å². The second-order valence-corrected chi connectivity index (χ2v) is 5.91. The molecule has 0 fully saturated rings. The van der Waals surface area contributed by atoms with Crippen molar-refractivity contribution in [1.29, 1.82) is 0 Å². The van der Waals surface area contributed by atoms with Crippen LogP contribution in [0.5, 0.6) is 0 Å². The number of anilines is 1. The first-order valence-corrected chi connectivity index (χ1v) is 7.83. The molecule has 0 aliphatic rings. The van der Waals surface area contributed by atoms with Gasteiger partial charge in [0.05, 0.1) is 6.26 Å². The summed E-state index contributed by atoms with van der Waals surface area (Å²) in [6, 6.07) is 6.74. The number of aliphatic hydroxyl groups excluding tert-OH is 1. The Kier molecular flexibility index (Phi) is 6.20. The Morgan fingerprint density at radius 1 is 1.42 bits per heavy atom. The highest BCUT2D eigenvalue weighted by Crippen LogP contribution is 2.18. The summed E-state index contributed by atoms with van der Waals surface area (Å²) >= 11 is 0. The van der Waals surface area contributed by atoms with E-state index in [0.29, 0.717) is 18.7 Å². The van der Waals surface area contributed by atoms with E-state index >= 15 is 0 Å². The van der Waals surface area contributed by atoms with Crippen molar-refractivity contribution < 1.29 is 14.3 Å². The second-order valence-electron chi connectivity index (χ2n) is 5.91. The molecule has 2 atom stereocenters. The van der Waals surface area contributed by atoms with E-state index in [9.17, 15) is 9.90 Å². The van der Waals surface area contributed by atoms with Crippen LogP contribution in [0.2, 0.25) is 0 Å². The van der Waals surface area contributed by atoms with Crippen molar-refractivity contribution in [2.24, 2.45) is 0 Å². The zero-order valence-corrected chi connectivity index (χ0v) is 14.2. The van der Waals surface area contributed by atoms with E-state index in [-0.39, 0.29) is 12.1 Å². The molecule has 7 heteroatoms. The summed E-state index contributed by atoms with van der Waals surface area (Å²) < 4.78 is 5.15. The highest BCUT2D eigenvalue weighted by Gasteiger charge is 2.16. The van der Waals surface area contributed by atoms with Crippen LogP contribution in [0.1, 0.15) is 30.8 Å². The topological polar surface area (TPSA) is 90.6 Å². The molecular weight excluding hydrogens is 308 g/mol. The first-order valence-electron chi connectivity index (χ1n) is 7.83. The Bertz CT molecular complexity index is 643. The van der Waals surface area contributed by atoms with E-state index in [1.165, 1.54) is 6.26 Å². The predicted molar refractivity (Wildman–Crippen MR) is 91.7 cm³/mol. The molecule has 130 valence electrons. The molecule has 2 aromatic rings. The lowest BCUT2D eigenvalue weighted by molar-refractivity contribution is 0.129. The number of aliphatic hydroxyl groups is 1. The maximum absolute atomic E-state index is 12.0. The molecule has 7 nitrogen and oxygen atoms in total. The van der Waals surface area contributed by atoms with Gasteiger partial charge in [-0.1, -0.05) is 0 Å². The number of carbonyl (C=O) groups excluding carboxylic acids is 1. The zero-order valence-electron chi connectivity index (χ0n) is 14.2. The maximum atomic E-state index is 12.0. The number of furan rings is 1. The maximum Gasteiger partial charge on any atom is 0.315 e. The molecule has 2 heterocycles. The first-order chi connectivity index (χ1) is 11.5. The summed E-state index contributed by atoms with van der Waals surface area (Å²) in [6.45, 7) is 2.24. The molecule has 2 rings (SSSR count). The van der Waals surface area contributed by atoms with Gasteiger partial charge in [-0.3, -0.25) is 0 Å². The third-order valence-corrected chi connectivity index (χ3v) is 3.55. The Morgan fingerprint density at radius 3 is 2.88 bits per heavy atom. The molecule has 2 amide bonds. The second kappa shape index (κ2) is 8.35. The molecule has 0 spiro atoms. The van der Waals surface area contributed by atoms with Gasteiger partial charge in [0, 0.05) is 39.3 Å². The van der Waals surface area contributed by atoms with Crippen molar-refractivity contribution >= 4 is 11.8 Å². The minimum Gasteiger partial charge on any atom is -0.467 e. The third-order valence-electron chi connectivity index (χ3n) is 3.55. The highest BCUT2D eigenvalue weighted by atomic mass is 16.4. The summed E-state index contributed by atoms with van der Waals surface area (Å²) in [7, 11) is 3.83. The molecule has 3 N–H and O–H groups in total. The van der Waals surface area contributed by atoms with Crippen LogP contribution in [0, 0.1) is 0 Å². The van der Waals surface area contributed by atoms with Crippen LogP contribution in [-0.4, -0.2) is 36.3 Å². The number of carbonyl (C=O) groups is 1. The zero-order chi connectivity index (χ0) is 17.5. The third kappa shape index (κ3) is 5.27. The van der Waals surface area contributed by atoms with Crippen LogP contribution in [0.4, 0.5) is 10.6 Å². The Morgan fingerprint density at radius 2 is 2.21 bits per heavy atom. The quantitative estimate of drug-likeness (QED) is 0.722. The molecular formula is C17H24N4O3. The number of hydrogen-bond acceptors (Lipinski definition) is 5. The lowest BCUT2D eigenvalue weighted by Crippen LogP contribution is -2.41. The number of amides is 2. The molecule has 0 aliphatic heterocycles. The van der Waals surface area contributed by atoms with E-state index < -0.39 is 6.10 Å². The molecule has 0 bridgehead atoms. The van der Waals surface area contributed by atoms with Crippen LogP contribution in [0.15, 0.2) is 41.1 Å². The van der Waals surface area contributed by atoms with E-state index in [1.54, 1.807) is 18.3 Å². The number of nitrogens with one attached hydrogen (secondary N) is 2. The lowest BCUT2D eigenvalue weighted by Gasteiger charge is -2.17. The number of urea groups is 1. The molecule has 0 aromatic carbocycles. The average Bonchev–Trinajstić information content (AvgIpc) is 3.07. The largest absolute Gasteiger partial charge is 0.467 e. The van der Waals surface area contributed by atoms with Crippen molar-refractivity contribution in [3.63, 3.8) is 0 Å². The number of nitrogens with zero attached hydrogens (tertiary/aromatic N) is 2. The van der Waals surface area contributed by atoms with Gasteiger partial charge in [-0.05, 0) is 36.8 Å². The lowest BCUT2D eigenvalue weighted by atomic mass is 10.1. The molecule has 2 unspecified atom stereocenters. The molecule has 0 aliphatic carbocycles. The van der Waals surface area contributed by atoms with E-state index in [1.807, 2.05) is 38.1 Å². The average molecular weight is 332 g/mol. The molecule has 0 saturated carbocycles. The predicted octanol–water partition coefficient (Wildman–Crippen LogP) is 2.05. The fourth-order valence-corrected chi connectivity index (χ4v) is 2.26. The van der Waals surface area contributed by atoms with E-state index in [2.05, 4.69) is 15.6 Å². The van der Waals surface area contributed by atoms with E-state index in [4.69, 9.17) is 4.42 Å². The molecule has 2 aromatic heterocycles. The van der Waals surface area contributed by atoms with Crippen molar-refractivity contribution in [3.8, 4) is 0 Å².